The topological polar surface area (TPSA) is 62.3 Å². The van der Waals surface area contributed by atoms with Crippen LogP contribution in [-0.4, -0.2) is 28.2 Å². The Kier molecular flexibility index (Phi) is 5.25. The van der Waals surface area contributed by atoms with E-state index in [-0.39, 0.29) is 17.6 Å². The van der Waals surface area contributed by atoms with Crippen LogP contribution < -0.4 is 5.32 Å². The van der Waals surface area contributed by atoms with Gasteiger partial charge < -0.3 is 10.2 Å². The average molecular weight is 391 g/mol. The van der Waals surface area contributed by atoms with E-state index in [4.69, 9.17) is 0 Å². The van der Waals surface area contributed by atoms with Gasteiger partial charge in [0.15, 0.2) is 0 Å². The Bertz CT molecular complexity index is 1080. The maximum Gasteiger partial charge on any atom is 0.253 e. The zero-order valence-electron chi connectivity index (χ0n) is 16.2. The molecule has 3 aromatic rings. The number of halogens is 1. The molecule has 1 N–H and O–H groups in total. The molecule has 0 radical (unpaired) electrons. The SMILES string of the molecule is Cc1nc2ccc(F)cc2cc1C(=O)NCc1ccc(CN2CCCC2=O)cc1. The molecule has 4 rings (SSSR count). The van der Waals surface area contributed by atoms with Crippen molar-refractivity contribution >= 4 is 22.7 Å². The molecule has 2 amide bonds. The minimum atomic E-state index is -0.356. The second-order valence-electron chi connectivity index (χ2n) is 7.38. The molecule has 2 aromatic carbocycles. The number of amides is 2. The van der Waals surface area contributed by atoms with Crippen molar-refractivity contribution in [3.05, 3.63) is 76.7 Å². The van der Waals surface area contributed by atoms with Gasteiger partial charge in [-0.15, -0.1) is 0 Å². The molecule has 0 atom stereocenters. The first-order valence-corrected chi connectivity index (χ1v) is 9.70. The van der Waals surface area contributed by atoms with Gasteiger partial charge in [-0.2, -0.15) is 0 Å². The predicted octanol–water partition coefficient (Wildman–Crippen LogP) is 3.73. The van der Waals surface area contributed by atoms with E-state index in [1.807, 2.05) is 29.2 Å². The molecule has 5 nitrogen and oxygen atoms in total. The number of carbonyl (C=O) groups is 2. The molecule has 1 fully saturated rings. The van der Waals surface area contributed by atoms with Gasteiger partial charge in [-0.25, -0.2) is 4.39 Å². The van der Waals surface area contributed by atoms with E-state index in [0.29, 0.717) is 41.7 Å². The smallest absolute Gasteiger partial charge is 0.253 e. The maximum absolute atomic E-state index is 13.5. The molecule has 1 aromatic heterocycles. The lowest BCUT2D eigenvalue weighted by Crippen LogP contribution is -2.24. The van der Waals surface area contributed by atoms with Crippen LogP contribution in [0.1, 0.15) is 40.0 Å². The van der Waals surface area contributed by atoms with E-state index in [9.17, 15) is 14.0 Å². The fourth-order valence-corrected chi connectivity index (χ4v) is 3.61. The third kappa shape index (κ3) is 4.26. The minimum absolute atomic E-state index is 0.209. The molecular weight excluding hydrogens is 369 g/mol. The number of benzene rings is 2. The molecule has 29 heavy (non-hydrogen) atoms. The number of carbonyl (C=O) groups excluding carboxylic acids is 2. The van der Waals surface area contributed by atoms with Crippen molar-refractivity contribution in [3.63, 3.8) is 0 Å². The van der Waals surface area contributed by atoms with Crippen molar-refractivity contribution in [2.75, 3.05) is 6.54 Å². The summed E-state index contributed by atoms with van der Waals surface area (Å²) in [5, 5.41) is 3.50. The minimum Gasteiger partial charge on any atom is -0.348 e. The highest BCUT2D eigenvalue weighted by atomic mass is 19.1. The van der Waals surface area contributed by atoms with Crippen molar-refractivity contribution in [2.24, 2.45) is 0 Å². The number of nitrogens with one attached hydrogen (secondary N) is 1. The van der Waals surface area contributed by atoms with Crippen LogP contribution in [0.25, 0.3) is 10.9 Å². The van der Waals surface area contributed by atoms with Gasteiger partial charge in [-0.05, 0) is 48.7 Å². The second kappa shape index (κ2) is 7.99. The third-order valence-corrected chi connectivity index (χ3v) is 5.23. The molecule has 2 heterocycles. The highest BCUT2D eigenvalue weighted by molar-refractivity contribution is 5.98. The lowest BCUT2D eigenvalue weighted by atomic mass is 10.1. The van der Waals surface area contributed by atoms with Crippen LogP contribution in [0, 0.1) is 12.7 Å². The third-order valence-electron chi connectivity index (χ3n) is 5.23. The van der Waals surface area contributed by atoms with Gasteiger partial charge >= 0.3 is 0 Å². The molecule has 1 aliphatic heterocycles. The molecule has 0 bridgehead atoms. The molecule has 0 spiro atoms. The van der Waals surface area contributed by atoms with Crippen molar-refractivity contribution in [2.45, 2.75) is 32.9 Å². The monoisotopic (exact) mass is 391 g/mol. The van der Waals surface area contributed by atoms with Crippen molar-refractivity contribution < 1.29 is 14.0 Å². The van der Waals surface area contributed by atoms with E-state index in [0.717, 1.165) is 24.1 Å². The van der Waals surface area contributed by atoms with E-state index in [1.54, 1.807) is 19.1 Å². The van der Waals surface area contributed by atoms with Gasteiger partial charge in [0.2, 0.25) is 5.91 Å². The summed E-state index contributed by atoms with van der Waals surface area (Å²) in [6.45, 7) is 3.60. The Morgan fingerprint density at radius 1 is 1.14 bits per heavy atom. The number of hydrogen-bond acceptors (Lipinski definition) is 3. The van der Waals surface area contributed by atoms with Crippen LogP contribution in [0.15, 0.2) is 48.5 Å². The Morgan fingerprint density at radius 3 is 2.62 bits per heavy atom. The Hall–Kier alpha value is -3.28. The first kappa shape index (κ1) is 19.1. The molecular formula is C23H22FN3O2. The maximum atomic E-state index is 13.5. The first-order chi connectivity index (χ1) is 14.0. The van der Waals surface area contributed by atoms with Crippen molar-refractivity contribution in [1.29, 1.82) is 0 Å². The summed E-state index contributed by atoms with van der Waals surface area (Å²) >= 11 is 0. The summed E-state index contributed by atoms with van der Waals surface area (Å²) in [6.07, 6.45) is 1.57. The lowest BCUT2D eigenvalue weighted by Gasteiger charge is -2.15. The van der Waals surface area contributed by atoms with E-state index < -0.39 is 0 Å². The molecule has 0 saturated carbocycles. The fraction of sp³-hybridized carbons (Fsp3) is 0.261. The quantitative estimate of drug-likeness (QED) is 0.721. The highest BCUT2D eigenvalue weighted by Gasteiger charge is 2.19. The fourth-order valence-electron chi connectivity index (χ4n) is 3.61. The lowest BCUT2D eigenvalue weighted by molar-refractivity contribution is -0.128. The molecule has 148 valence electrons. The van der Waals surface area contributed by atoms with Gasteiger partial charge in [0, 0.05) is 31.4 Å². The van der Waals surface area contributed by atoms with Crippen LogP contribution >= 0.6 is 0 Å². The zero-order chi connectivity index (χ0) is 20.4. The molecule has 1 saturated heterocycles. The summed E-state index contributed by atoms with van der Waals surface area (Å²) in [5.74, 6) is -0.390. The Labute approximate surface area is 168 Å². The summed E-state index contributed by atoms with van der Waals surface area (Å²) in [4.78, 5) is 30.6. The highest BCUT2D eigenvalue weighted by Crippen LogP contribution is 2.18. The largest absolute Gasteiger partial charge is 0.348 e. The van der Waals surface area contributed by atoms with Gasteiger partial charge in [0.1, 0.15) is 5.82 Å². The zero-order valence-corrected chi connectivity index (χ0v) is 16.2. The number of nitrogens with zero attached hydrogens (tertiary/aromatic N) is 2. The van der Waals surface area contributed by atoms with E-state index in [1.165, 1.54) is 12.1 Å². The van der Waals surface area contributed by atoms with Crippen LogP contribution in [0.5, 0.6) is 0 Å². The van der Waals surface area contributed by atoms with Gasteiger partial charge in [0.25, 0.3) is 5.91 Å². The number of pyridine rings is 1. The average Bonchev–Trinajstić information content (AvgIpc) is 3.11. The van der Waals surface area contributed by atoms with Gasteiger partial charge in [0.05, 0.1) is 16.8 Å². The van der Waals surface area contributed by atoms with Crippen LogP contribution in [0.3, 0.4) is 0 Å². The summed E-state index contributed by atoms with van der Waals surface area (Å²) < 4.78 is 13.5. The van der Waals surface area contributed by atoms with E-state index in [2.05, 4.69) is 10.3 Å². The van der Waals surface area contributed by atoms with Crippen molar-refractivity contribution in [1.82, 2.24) is 15.2 Å². The molecule has 0 aliphatic carbocycles. The number of likely N-dealkylation sites (tertiary alicyclic amines) is 1. The summed E-state index contributed by atoms with van der Waals surface area (Å²) in [5.41, 5.74) is 3.74. The number of fused-ring (bicyclic) bond motifs is 1. The Balaban J connectivity index is 1.41. The van der Waals surface area contributed by atoms with Gasteiger partial charge in [-0.3, -0.25) is 14.6 Å². The van der Waals surface area contributed by atoms with Crippen LogP contribution in [0.4, 0.5) is 4.39 Å². The Morgan fingerprint density at radius 2 is 1.90 bits per heavy atom. The van der Waals surface area contributed by atoms with Crippen LogP contribution in [-0.2, 0) is 17.9 Å². The van der Waals surface area contributed by atoms with Crippen LogP contribution in [0.2, 0.25) is 0 Å². The molecule has 1 aliphatic rings. The number of hydrogen-bond donors (Lipinski definition) is 1. The van der Waals surface area contributed by atoms with Crippen molar-refractivity contribution in [3.8, 4) is 0 Å². The summed E-state index contributed by atoms with van der Waals surface area (Å²) in [7, 11) is 0. The number of aryl methyl sites for hydroxylation is 1. The summed E-state index contributed by atoms with van der Waals surface area (Å²) in [6, 6.07) is 13.9. The standard InChI is InChI=1S/C23H22FN3O2/c1-15-20(12-18-11-19(24)8-9-21(18)26-15)23(29)25-13-16-4-6-17(7-5-16)14-27-10-2-3-22(27)28/h4-9,11-12H,2-3,10,13-14H2,1H3,(H,25,29). The van der Waals surface area contributed by atoms with E-state index >= 15 is 0 Å². The predicted molar refractivity (Wildman–Crippen MR) is 109 cm³/mol. The first-order valence-electron chi connectivity index (χ1n) is 9.70. The number of aromatic nitrogens is 1. The molecule has 6 heteroatoms. The number of rotatable bonds is 5. The molecule has 0 unspecified atom stereocenters. The normalized spacial score (nSPS) is 13.9. The van der Waals surface area contributed by atoms with Gasteiger partial charge in [-0.1, -0.05) is 24.3 Å². The second-order valence-corrected chi connectivity index (χ2v) is 7.38.